The zero-order chi connectivity index (χ0) is 23.8. The summed E-state index contributed by atoms with van der Waals surface area (Å²) in [4.78, 5) is 30.8. The van der Waals surface area contributed by atoms with Crippen LogP contribution in [0.1, 0.15) is 51.3 Å². The fourth-order valence-electron chi connectivity index (χ4n) is 6.12. The summed E-state index contributed by atoms with van der Waals surface area (Å²) in [6.45, 7) is 8.11. The van der Waals surface area contributed by atoms with Crippen LogP contribution >= 0.6 is 0 Å². The Kier molecular flexibility index (Phi) is 6.71. The fraction of sp³-hybridized carbons (Fsp3) is 0.615. The molecule has 1 aromatic carbocycles. The Morgan fingerprint density at radius 2 is 2.09 bits per heavy atom. The molecule has 5 atom stereocenters. The lowest BCUT2D eigenvalue weighted by molar-refractivity contribution is -0.154. The Balaban J connectivity index is 1.71. The van der Waals surface area contributed by atoms with Crippen molar-refractivity contribution in [2.45, 2.75) is 57.9 Å². The molecule has 0 amide bonds. The van der Waals surface area contributed by atoms with Crippen LogP contribution in [0.4, 0.5) is 0 Å². The van der Waals surface area contributed by atoms with E-state index in [2.05, 4.69) is 29.8 Å². The number of ether oxygens (including phenoxy) is 3. The van der Waals surface area contributed by atoms with Crippen molar-refractivity contribution in [3.8, 4) is 5.75 Å². The summed E-state index contributed by atoms with van der Waals surface area (Å²) in [5.74, 6) is 1.15. The van der Waals surface area contributed by atoms with Gasteiger partial charge in [0.25, 0.3) is 0 Å². The van der Waals surface area contributed by atoms with E-state index in [9.17, 15) is 9.59 Å². The number of nitrogens with zero attached hydrogens (tertiary/aromatic N) is 1. The van der Waals surface area contributed by atoms with Crippen molar-refractivity contribution in [1.82, 2.24) is 9.88 Å². The zero-order valence-corrected chi connectivity index (χ0v) is 20.4. The first-order valence-electron chi connectivity index (χ1n) is 11.9. The molecule has 0 saturated carbocycles. The highest BCUT2D eigenvalue weighted by Crippen LogP contribution is 2.48. The highest BCUT2D eigenvalue weighted by atomic mass is 16.5. The van der Waals surface area contributed by atoms with Gasteiger partial charge >= 0.3 is 11.9 Å². The van der Waals surface area contributed by atoms with Gasteiger partial charge in [-0.15, -0.1) is 0 Å². The van der Waals surface area contributed by atoms with Gasteiger partial charge in [-0.2, -0.15) is 0 Å². The first-order chi connectivity index (χ1) is 15.8. The quantitative estimate of drug-likeness (QED) is 0.638. The van der Waals surface area contributed by atoms with Crippen LogP contribution in [-0.2, 0) is 30.9 Å². The second kappa shape index (κ2) is 9.37. The van der Waals surface area contributed by atoms with Gasteiger partial charge in [0.15, 0.2) is 0 Å². The Bertz CT molecular complexity index is 1030. The monoisotopic (exact) mass is 456 g/mol. The molecule has 1 fully saturated rings. The second-order valence-electron chi connectivity index (χ2n) is 9.81. The van der Waals surface area contributed by atoms with E-state index >= 15 is 0 Å². The minimum Gasteiger partial charge on any atom is -0.497 e. The van der Waals surface area contributed by atoms with Crippen molar-refractivity contribution >= 4 is 22.8 Å². The molecule has 0 aliphatic carbocycles. The number of carbonyl (C=O) groups is 2. The van der Waals surface area contributed by atoms with E-state index < -0.39 is 5.41 Å². The van der Waals surface area contributed by atoms with Crippen LogP contribution in [0.5, 0.6) is 5.75 Å². The number of aromatic amines is 1. The average Bonchev–Trinajstić information content (AvgIpc) is 3.13. The number of esters is 2. The number of rotatable bonds is 7. The summed E-state index contributed by atoms with van der Waals surface area (Å²) in [5.41, 5.74) is 2.49. The van der Waals surface area contributed by atoms with Gasteiger partial charge in [-0.05, 0) is 68.2 Å². The normalized spacial score (nSPS) is 27.4. The number of fused-ring (bicyclic) bond motifs is 6. The molecule has 2 aliphatic heterocycles. The van der Waals surface area contributed by atoms with Crippen molar-refractivity contribution in [1.29, 1.82) is 0 Å². The van der Waals surface area contributed by atoms with Gasteiger partial charge in [-0.3, -0.25) is 14.5 Å². The van der Waals surface area contributed by atoms with Gasteiger partial charge in [-0.25, -0.2) is 0 Å². The van der Waals surface area contributed by atoms with Crippen LogP contribution in [0.3, 0.4) is 0 Å². The van der Waals surface area contributed by atoms with E-state index in [1.165, 1.54) is 19.6 Å². The Labute approximate surface area is 195 Å². The van der Waals surface area contributed by atoms with E-state index in [-0.39, 0.29) is 18.0 Å². The van der Waals surface area contributed by atoms with Gasteiger partial charge in [-0.1, -0.05) is 6.92 Å². The average molecular weight is 457 g/mol. The summed E-state index contributed by atoms with van der Waals surface area (Å²) >= 11 is 0. The molecule has 2 bridgehead atoms. The van der Waals surface area contributed by atoms with Gasteiger partial charge in [0, 0.05) is 42.7 Å². The number of H-pyrrole nitrogens is 1. The summed E-state index contributed by atoms with van der Waals surface area (Å²) in [7, 11) is 3.17. The molecule has 0 radical (unpaired) electrons. The molecule has 2 aromatic rings. The fourth-order valence-corrected chi connectivity index (χ4v) is 6.12. The van der Waals surface area contributed by atoms with Crippen LogP contribution in [0.2, 0.25) is 0 Å². The molecule has 7 heteroatoms. The van der Waals surface area contributed by atoms with Gasteiger partial charge < -0.3 is 19.2 Å². The van der Waals surface area contributed by atoms with Crippen molar-refractivity contribution < 1.29 is 23.8 Å². The first-order valence-corrected chi connectivity index (χ1v) is 11.9. The number of piperidine rings is 1. The van der Waals surface area contributed by atoms with Gasteiger partial charge in [0.1, 0.15) is 11.2 Å². The molecule has 3 heterocycles. The Morgan fingerprint density at radius 3 is 2.79 bits per heavy atom. The Morgan fingerprint density at radius 1 is 1.30 bits per heavy atom. The van der Waals surface area contributed by atoms with Crippen LogP contribution in [0, 0.1) is 11.8 Å². The predicted octanol–water partition coefficient (Wildman–Crippen LogP) is 3.83. The molecular weight excluding hydrogens is 420 g/mol. The van der Waals surface area contributed by atoms with E-state index in [0.717, 1.165) is 61.1 Å². The first kappa shape index (κ1) is 23.6. The number of methoxy groups -OCH3 is 2. The molecule has 1 N–H and O–H groups in total. The molecule has 1 saturated heterocycles. The van der Waals surface area contributed by atoms with Crippen LogP contribution in [0.25, 0.3) is 10.9 Å². The van der Waals surface area contributed by atoms with E-state index in [0.29, 0.717) is 18.4 Å². The number of hydrogen-bond acceptors (Lipinski definition) is 6. The van der Waals surface area contributed by atoms with Crippen molar-refractivity contribution in [3.05, 3.63) is 29.5 Å². The molecule has 1 aromatic heterocycles. The number of carbonyl (C=O) groups excluding carboxylic acids is 2. The lowest BCUT2D eigenvalue weighted by Crippen LogP contribution is -2.59. The largest absolute Gasteiger partial charge is 0.497 e. The van der Waals surface area contributed by atoms with Gasteiger partial charge in [0.05, 0.1) is 20.8 Å². The van der Waals surface area contributed by atoms with E-state index in [1.54, 1.807) is 7.11 Å². The van der Waals surface area contributed by atoms with Crippen molar-refractivity contribution in [3.63, 3.8) is 0 Å². The summed E-state index contributed by atoms with van der Waals surface area (Å²) in [5, 5.41) is 1.12. The molecule has 0 spiro atoms. The standard InChI is InChI=1S/C26H36N2O5/c1-16(9-11-33-18(3)29)12-19-14-26(25(30)32-5)17(2)28(15-19)10-8-21-22-13-20(31-4)6-7-23(22)27-24(21)26/h6-7,13,16-17,19,27H,8-12,14-15H2,1-5H3/t16?,17?,19-,26?/m0/s1. The molecule has 4 rings (SSSR count). The summed E-state index contributed by atoms with van der Waals surface area (Å²) in [6, 6.07) is 6.09. The minimum absolute atomic E-state index is 0.0359. The van der Waals surface area contributed by atoms with Crippen LogP contribution < -0.4 is 4.74 Å². The maximum atomic E-state index is 13.6. The summed E-state index contributed by atoms with van der Waals surface area (Å²) in [6.07, 6.45) is 3.42. The van der Waals surface area contributed by atoms with Crippen LogP contribution in [0.15, 0.2) is 18.2 Å². The van der Waals surface area contributed by atoms with Gasteiger partial charge in [0.2, 0.25) is 0 Å². The lowest BCUT2D eigenvalue weighted by atomic mass is 9.66. The topological polar surface area (TPSA) is 80.9 Å². The van der Waals surface area contributed by atoms with Crippen LogP contribution in [-0.4, -0.2) is 61.8 Å². The lowest BCUT2D eigenvalue weighted by Gasteiger charge is -2.48. The highest BCUT2D eigenvalue weighted by Gasteiger charge is 2.56. The predicted molar refractivity (Wildman–Crippen MR) is 126 cm³/mol. The SMILES string of the molecule is COC(=O)C12C[C@H](CC(C)CCOC(C)=O)CN(CCc3c1[nH]c1ccc(OC)cc31)C2C. The molecule has 180 valence electrons. The zero-order valence-electron chi connectivity index (χ0n) is 20.4. The molecule has 4 unspecified atom stereocenters. The third-order valence-electron chi connectivity index (χ3n) is 7.77. The van der Waals surface area contributed by atoms with Crippen molar-refractivity contribution in [2.24, 2.45) is 11.8 Å². The summed E-state index contributed by atoms with van der Waals surface area (Å²) < 4.78 is 16.1. The molecule has 33 heavy (non-hydrogen) atoms. The smallest absolute Gasteiger partial charge is 0.319 e. The number of benzene rings is 1. The molecule has 7 nitrogen and oxygen atoms in total. The van der Waals surface area contributed by atoms with Crippen molar-refractivity contribution in [2.75, 3.05) is 33.9 Å². The Hall–Kier alpha value is -2.54. The number of aromatic nitrogens is 1. The third kappa shape index (κ3) is 4.23. The molecular formula is C26H36N2O5. The minimum atomic E-state index is -0.745. The molecule has 2 aliphatic rings. The maximum absolute atomic E-state index is 13.6. The van der Waals surface area contributed by atoms with E-state index in [1.807, 2.05) is 12.1 Å². The number of nitrogens with one attached hydrogen (secondary N) is 1. The second-order valence-corrected chi connectivity index (χ2v) is 9.81. The maximum Gasteiger partial charge on any atom is 0.319 e. The highest BCUT2D eigenvalue weighted by molar-refractivity contribution is 5.92. The van der Waals surface area contributed by atoms with E-state index in [4.69, 9.17) is 14.2 Å². The number of hydrogen-bond donors (Lipinski definition) is 1. The third-order valence-corrected chi connectivity index (χ3v) is 7.77.